The highest BCUT2D eigenvalue weighted by Crippen LogP contribution is 2.12. The maximum Gasteiger partial charge on any atom is 0.326 e. The van der Waals surface area contributed by atoms with Crippen LogP contribution >= 0.6 is 0 Å². The highest BCUT2D eigenvalue weighted by molar-refractivity contribution is 5.91. The van der Waals surface area contributed by atoms with Gasteiger partial charge in [0.25, 0.3) is 0 Å². The maximum absolute atomic E-state index is 12.8. The summed E-state index contributed by atoms with van der Waals surface area (Å²) in [5.41, 5.74) is 12.0. The molecule has 0 bridgehead atoms. The molecule has 8 N–H and O–H groups in total. The lowest BCUT2D eigenvalue weighted by atomic mass is 10.0. The van der Waals surface area contributed by atoms with Gasteiger partial charge in [-0.25, -0.2) is 4.79 Å². The maximum atomic E-state index is 12.8. The molecule has 0 spiro atoms. The Kier molecular flexibility index (Phi) is 10.8. The van der Waals surface area contributed by atoms with Crippen molar-refractivity contribution in [2.75, 3.05) is 6.54 Å². The number of aromatic hydroxyl groups is 1. The van der Waals surface area contributed by atoms with Crippen LogP contribution in [0.15, 0.2) is 24.3 Å². The van der Waals surface area contributed by atoms with Crippen LogP contribution in [-0.4, -0.2) is 52.7 Å². The number of phenolic OH excluding ortho intramolecular Hbond substituents is 1. The Balaban J connectivity index is 2.80. The lowest BCUT2D eigenvalue weighted by Crippen LogP contribution is -2.55. The zero-order chi connectivity index (χ0) is 22.7. The highest BCUT2D eigenvalue weighted by Gasteiger charge is 2.28. The van der Waals surface area contributed by atoms with Crippen LogP contribution in [-0.2, 0) is 20.8 Å². The van der Waals surface area contributed by atoms with Crippen LogP contribution in [0, 0.1) is 5.92 Å². The van der Waals surface area contributed by atoms with Gasteiger partial charge in [-0.1, -0.05) is 32.4 Å². The molecule has 1 aromatic carbocycles. The van der Waals surface area contributed by atoms with Crippen LogP contribution in [0.2, 0.25) is 0 Å². The molecule has 0 saturated carbocycles. The minimum atomic E-state index is -1.19. The summed E-state index contributed by atoms with van der Waals surface area (Å²) in [7, 11) is 0. The number of benzene rings is 1. The van der Waals surface area contributed by atoms with Crippen LogP contribution < -0.4 is 22.1 Å². The van der Waals surface area contributed by atoms with Gasteiger partial charge in [0.1, 0.15) is 17.8 Å². The average molecular weight is 423 g/mol. The second kappa shape index (κ2) is 12.8. The molecule has 168 valence electrons. The van der Waals surface area contributed by atoms with Crippen LogP contribution in [0.1, 0.15) is 45.1 Å². The van der Waals surface area contributed by atoms with Crippen molar-refractivity contribution >= 4 is 17.8 Å². The van der Waals surface area contributed by atoms with Gasteiger partial charge in [-0.05, 0) is 49.4 Å². The topological polar surface area (TPSA) is 168 Å². The third-order valence-corrected chi connectivity index (χ3v) is 4.64. The number of carboxylic acids is 1. The largest absolute Gasteiger partial charge is 0.508 e. The first-order valence-corrected chi connectivity index (χ1v) is 10.2. The number of amides is 2. The number of hydrogen-bond acceptors (Lipinski definition) is 6. The van der Waals surface area contributed by atoms with Gasteiger partial charge in [0.2, 0.25) is 11.8 Å². The van der Waals surface area contributed by atoms with E-state index in [0.29, 0.717) is 31.4 Å². The van der Waals surface area contributed by atoms with Crippen LogP contribution in [0.5, 0.6) is 5.75 Å². The van der Waals surface area contributed by atoms with Gasteiger partial charge in [-0.3, -0.25) is 9.59 Å². The van der Waals surface area contributed by atoms with Gasteiger partial charge >= 0.3 is 5.97 Å². The van der Waals surface area contributed by atoms with E-state index in [1.54, 1.807) is 12.1 Å². The number of aliphatic carboxylic acids is 1. The average Bonchev–Trinajstić information content (AvgIpc) is 2.68. The Morgan fingerprint density at radius 2 is 1.60 bits per heavy atom. The quantitative estimate of drug-likeness (QED) is 0.251. The van der Waals surface area contributed by atoms with E-state index in [2.05, 4.69) is 10.6 Å². The van der Waals surface area contributed by atoms with E-state index in [0.717, 1.165) is 6.42 Å². The van der Waals surface area contributed by atoms with Gasteiger partial charge < -0.3 is 32.3 Å². The molecular formula is C21H34N4O5. The van der Waals surface area contributed by atoms with Crippen LogP contribution in [0.4, 0.5) is 0 Å². The van der Waals surface area contributed by atoms with Gasteiger partial charge in [0.05, 0.1) is 6.04 Å². The third kappa shape index (κ3) is 9.23. The van der Waals surface area contributed by atoms with Gasteiger partial charge in [0, 0.05) is 6.42 Å². The Morgan fingerprint density at radius 3 is 2.13 bits per heavy atom. The molecule has 0 aliphatic heterocycles. The van der Waals surface area contributed by atoms with E-state index in [4.69, 9.17) is 11.5 Å². The van der Waals surface area contributed by atoms with Gasteiger partial charge in [0.15, 0.2) is 0 Å². The molecule has 0 fully saturated rings. The van der Waals surface area contributed by atoms with Crippen molar-refractivity contribution < 1.29 is 24.6 Å². The number of carbonyl (C=O) groups is 3. The summed E-state index contributed by atoms with van der Waals surface area (Å²) >= 11 is 0. The number of nitrogens with one attached hydrogen (secondary N) is 2. The predicted octanol–water partition coefficient (Wildman–Crippen LogP) is 0.491. The molecule has 30 heavy (non-hydrogen) atoms. The van der Waals surface area contributed by atoms with Crippen molar-refractivity contribution in [3.05, 3.63) is 29.8 Å². The zero-order valence-corrected chi connectivity index (χ0v) is 17.6. The first kappa shape index (κ1) is 25.4. The summed E-state index contributed by atoms with van der Waals surface area (Å²) in [4.78, 5) is 36.8. The fourth-order valence-electron chi connectivity index (χ4n) is 2.96. The van der Waals surface area contributed by atoms with Gasteiger partial charge in [-0.15, -0.1) is 0 Å². The standard InChI is InChI=1S/C21H34N4O5/c1-13(2)11-17(24-19(27)16(23)5-3-4-10-22)20(28)25-18(21(29)30)12-14-6-8-15(26)9-7-14/h6-9,13,16-18,26H,3-5,10-12,22-23H2,1-2H3,(H,24,27)(H,25,28)(H,29,30). The minimum absolute atomic E-state index is 0.0439. The highest BCUT2D eigenvalue weighted by atomic mass is 16.4. The number of carboxylic acid groups (broad SMARTS) is 1. The van der Waals surface area contributed by atoms with Crippen LogP contribution in [0.25, 0.3) is 0 Å². The second-order valence-electron chi connectivity index (χ2n) is 7.85. The van der Waals surface area contributed by atoms with E-state index in [1.807, 2.05) is 13.8 Å². The molecule has 0 heterocycles. The van der Waals surface area contributed by atoms with Crippen molar-refractivity contribution in [3.63, 3.8) is 0 Å². The fraction of sp³-hybridized carbons (Fsp3) is 0.571. The molecular weight excluding hydrogens is 388 g/mol. The van der Waals surface area contributed by atoms with Gasteiger partial charge in [-0.2, -0.15) is 0 Å². The first-order valence-electron chi connectivity index (χ1n) is 10.2. The number of rotatable bonds is 13. The molecule has 0 saturated heterocycles. The molecule has 1 aromatic rings. The first-order chi connectivity index (χ1) is 14.1. The molecule has 9 nitrogen and oxygen atoms in total. The summed E-state index contributed by atoms with van der Waals surface area (Å²) in [5.74, 6) is -2.05. The molecule has 9 heteroatoms. The summed E-state index contributed by atoms with van der Waals surface area (Å²) in [5, 5.41) is 24.0. The summed E-state index contributed by atoms with van der Waals surface area (Å²) < 4.78 is 0. The zero-order valence-electron chi connectivity index (χ0n) is 17.6. The van der Waals surface area contributed by atoms with Crippen molar-refractivity contribution in [1.29, 1.82) is 0 Å². The molecule has 0 aliphatic carbocycles. The number of hydrogen-bond donors (Lipinski definition) is 6. The molecule has 0 aliphatic rings. The predicted molar refractivity (Wildman–Crippen MR) is 114 cm³/mol. The summed E-state index contributed by atoms with van der Waals surface area (Å²) in [6, 6.07) is 3.25. The Bertz CT molecular complexity index is 693. The van der Waals surface area contributed by atoms with E-state index in [9.17, 15) is 24.6 Å². The normalized spacial score (nSPS) is 14.0. The lowest BCUT2D eigenvalue weighted by Gasteiger charge is -2.24. The van der Waals surface area contributed by atoms with E-state index >= 15 is 0 Å². The van der Waals surface area contributed by atoms with E-state index in [-0.39, 0.29) is 18.1 Å². The Hall–Kier alpha value is -2.65. The number of unbranched alkanes of at least 4 members (excludes halogenated alkanes) is 1. The lowest BCUT2D eigenvalue weighted by molar-refractivity contribution is -0.142. The van der Waals surface area contributed by atoms with Crippen molar-refractivity contribution in [1.82, 2.24) is 10.6 Å². The van der Waals surface area contributed by atoms with E-state index in [1.165, 1.54) is 12.1 Å². The van der Waals surface area contributed by atoms with Crippen LogP contribution in [0.3, 0.4) is 0 Å². The number of carbonyl (C=O) groups excluding carboxylic acids is 2. The SMILES string of the molecule is CC(C)CC(NC(=O)C(N)CCCCN)C(=O)NC(Cc1ccc(O)cc1)C(=O)O. The summed E-state index contributed by atoms with van der Waals surface area (Å²) in [6.45, 7) is 4.32. The smallest absolute Gasteiger partial charge is 0.326 e. The molecule has 2 amide bonds. The number of nitrogens with two attached hydrogens (primary N) is 2. The van der Waals surface area contributed by atoms with Crippen molar-refractivity contribution in [2.45, 2.75) is 64.1 Å². The minimum Gasteiger partial charge on any atom is -0.508 e. The number of phenols is 1. The molecule has 1 rings (SSSR count). The molecule has 3 atom stereocenters. The monoisotopic (exact) mass is 422 g/mol. The Labute approximate surface area is 177 Å². The molecule has 0 aromatic heterocycles. The second-order valence-corrected chi connectivity index (χ2v) is 7.85. The van der Waals surface area contributed by atoms with Crippen molar-refractivity contribution in [3.8, 4) is 5.75 Å². The summed E-state index contributed by atoms with van der Waals surface area (Å²) in [6.07, 6.45) is 2.31. The molecule has 0 radical (unpaired) electrons. The van der Waals surface area contributed by atoms with E-state index < -0.39 is 35.9 Å². The molecule has 3 unspecified atom stereocenters. The third-order valence-electron chi connectivity index (χ3n) is 4.64. The Morgan fingerprint density at radius 1 is 1.00 bits per heavy atom. The fourth-order valence-corrected chi connectivity index (χ4v) is 2.96. The van der Waals surface area contributed by atoms with Crippen molar-refractivity contribution in [2.24, 2.45) is 17.4 Å².